The van der Waals surface area contributed by atoms with Crippen LogP contribution in [0.25, 0.3) is 0 Å². The van der Waals surface area contributed by atoms with Gasteiger partial charge in [-0.25, -0.2) is 9.59 Å². The number of likely N-dealkylation sites (N-methyl/N-ethyl adjacent to an activating group) is 2. The van der Waals surface area contributed by atoms with Crippen molar-refractivity contribution in [3.05, 3.63) is 94.6 Å². The van der Waals surface area contributed by atoms with E-state index in [9.17, 15) is 62.3 Å². The lowest BCUT2D eigenvalue weighted by Gasteiger charge is -2.33. The summed E-state index contributed by atoms with van der Waals surface area (Å²) in [6, 6.07) is 11.3. The van der Waals surface area contributed by atoms with E-state index in [0.717, 1.165) is 16.0 Å². The van der Waals surface area contributed by atoms with Crippen LogP contribution in [-0.2, 0) is 115 Å². The number of allylic oxidation sites excluding steroid dienone is 1. The third-order valence-electron chi connectivity index (χ3n) is 19.8. The maximum Gasteiger partial charge on any atom is 0.334 e. The molecule has 0 saturated carbocycles. The van der Waals surface area contributed by atoms with Gasteiger partial charge >= 0.3 is 23.9 Å². The zero-order valence-electron chi connectivity index (χ0n) is 67.7. The van der Waals surface area contributed by atoms with Gasteiger partial charge in [-0.05, 0) is 133 Å². The number of hydrogen-bond donors (Lipinski definition) is 4. The molecule has 2 aromatic carbocycles. The Labute approximate surface area is 650 Å². The molecule has 0 spiro atoms. The zero-order valence-corrected chi connectivity index (χ0v) is 67.7. The molecule has 1 fully saturated rings. The first-order valence-corrected chi connectivity index (χ1v) is 39.3. The van der Waals surface area contributed by atoms with Crippen LogP contribution in [0.5, 0.6) is 0 Å². The molecule has 110 heavy (non-hydrogen) atoms. The molecule has 4 N–H and O–H groups in total. The molecule has 0 radical (unpaired) electrons. The van der Waals surface area contributed by atoms with Crippen molar-refractivity contribution in [3.8, 4) is 0 Å². The average molecular weight is 1540 g/mol. The second-order valence-electron chi connectivity index (χ2n) is 29.9. The number of amides is 7. The maximum absolute atomic E-state index is 14.4. The number of unbranched alkanes of at least 4 members (excludes halogenated alkanes) is 4. The van der Waals surface area contributed by atoms with Crippen LogP contribution in [0.1, 0.15) is 197 Å². The van der Waals surface area contributed by atoms with Crippen LogP contribution in [0.3, 0.4) is 0 Å². The van der Waals surface area contributed by atoms with Gasteiger partial charge in [-0.15, -0.1) is 0 Å². The normalized spacial score (nSPS) is 22.6. The predicted molar refractivity (Wildman–Crippen MR) is 413 cm³/mol. The molecule has 27 heteroatoms. The SMILES string of the molecule is C/C=C(\C)[C@H]1OC(=O)[C@@H](C)NC(=O)[C@H](C(C)CC)NC(=O)CN(C)C(=O)[C@@H](Cc2ccccc2)N(C)C(=O)[C@H](C)NC(=O)[C@@H](CC(C)C)OC(=O)/C(C)=C/C[C@H](OC(=O)CCCCOCCOCCOCCCCC(=O)OCc2ccc(CCN[C@H](C(=O)C(=O)CCCCCN3C(=O)CC(C)C3=O)C(C)C)cc2)[C@@H]1C. The van der Waals surface area contributed by atoms with E-state index in [1.165, 1.54) is 50.7 Å². The lowest BCUT2D eigenvalue weighted by atomic mass is 9.90. The molecule has 11 atom stereocenters. The summed E-state index contributed by atoms with van der Waals surface area (Å²) in [7, 11) is 2.83. The van der Waals surface area contributed by atoms with Crippen molar-refractivity contribution in [2.24, 2.45) is 29.6 Å². The molecule has 2 aliphatic heterocycles. The number of likely N-dealkylation sites (tertiary alicyclic amines) is 1. The van der Waals surface area contributed by atoms with E-state index in [-0.39, 0.29) is 92.7 Å². The number of hydrogen-bond acceptors (Lipinski definition) is 21. The van der Waals surface area contributed by atoms with Gasteiger partial charge in [0.1, 0.15) is 43.0 Å². The van der Waals surface area contributed by atoms with Crippen LogP contribution in [0, 0.1) is 29.6 Å². The van der Waals surface area contributed by atoms with Crippen molar-refractivity contribution in [1.82, 2.24) is 36.0 Å². The van der Waals surface area contributed by atoms with Gasteiger partial charge in [0, 0.05) is 89.8 Å². The van der Waals surface area contributed by atoms with Gasteiger partial charge in [-0.1, -0.05) is 135 Å². The Bertz CT molecular complexity index is 3400. The minimum Gasteiger partial charge on any atom is -0.462 e. The third-order valence-corrected chi connectivity index (χ3v) is 19.8. The van der Waals surface area contributed by atoms with E-state index in [1.54, 1.807) is 71.0 Å². The summed E-state index contributed by atoms with van der Waals surface area (Å²) in [5, 5.41) is 11.4. The summed E-state index contributed by atoms with van der Waals surface area (Å²) in [5.41, 5.74) is 3.23. The van der Waals surface area contributed by atoms with E-state index in [4.69, 9.17) is 33.2 Å². The van der Waals surface area contributed by atoms with Crippen LogP contribution in [0.2, 0.25) is 0 Å². The Morgan fingerprint density at radius 1 is 0.673 bits per heavy atom. The average Bonchev–Trinajstić information content (AvgIpc) is 1.18. The Kier molecular flexibility index (Phi) is 42.4. The molecule has 27 nitrogen and oxygen atoms in total. The van der Waals surface area contributed by atoms with Crippen LogP contribution in [0.4, 0.5) is 0 Å². The molecular formula is C83H125N7O20. The second kappa shape index (κ2) is 49.7. The van der Waals surface area contributed by atoms with Gasteiger partial charge < -0.3 is 64.2 Å². The highest BCUT2D eigenvalue weighted by atomic mass is 16.6. The number of esters is 4. The monoisotopic (exact) mass is 1540 g/mol. The Morgan fingerprint density at radius 3 is 1.86 bits per heavy atom. The van der Waals surface area contributed by atoms with Crippen LogP contribution in [0.15, 0.2) is 77.9 Å². The number of carbonyl (C=O) groups is 13. The number of imide groups is 1. The van der Waals surface area contributed by atoms with E-state index >= 15 is 0 Å². The molecule has 4 rings (SSSR count). The molecule has 2 unspecified atom stereocenters. The Balaban J connectivity index is 1.24. The minimum absolute atomic E-state index is 0.00428. The molecule has 1 saturated heterocycles. The molecule has 612 valence electrons. The lowest BCUT2D eigenvalue weighted by Crippen LogP contribution is -2.57. The summed E-state index contributed by atoms with van der Waals surface area (Å²) in [6.07, 6.45) is 5.48. The maximum atomic E-state index is 14.4. The molecule has 2 aromatic rings. The number of benzene rings is 2. The topological polar surface area (TPSA) is 344 Å². The second-order valence-corrected chi connectivity index (χ2v) is 29.9. The van der Waals surface area contributed by atoms with Crippen molar-refractivity contribution < 1.29 is 95.5 Å². The van der Waals surface area contributed by atoms with Gasteiger partial charge in [0.2, 0.25) is 41.2 Å². The first kappa shape index (κ1) is 93.8. The van der Waals surface area contributed by atoms with Gasteiger partial charge in [0.05, 0.1) is 39.0 Å². The molecule has 2 heterocycles. The van der Waals surface area contributed by atoms with Crippen LogP contribution >= 0.6 is 0 Å². The molecule has 2 aliphatic rings. The standard InChI is InChI=1S/C83H125N7O20/c1-16-55(7)74-78(98)86-61(13)83(103)110-76(56(8)17-2)59(11)67(38-33-57(9)82(102)109-68(48-53(3)4)77(97)85-60(12)80(100)89(15)65(50-63-28-20-18-21-29-63)81(101)88(14)51-69(92)87-74)108-72(95)32-24-27-43-105-45-47-106-46-44-104-42-26-23-31-71(94)107-52-64-36-34-62(35-37-64)39-40-84-73(54(5)6)75(96)66(91)30-22-19-25-41-90-70(93)49-58(10)79(90)99/h17-18,20-21,28-29,33-37,53-55,58-61,65,67-68,73-74,76,84H,16,19,22-27,30-32,38-52H2,1-15H3,(H,85,97)(H,86,98)(H,87,92)/b56-17+,57-33+/t55?,58?,59-,60-,61+,65+,67-,68+,73-,74-,76+/m0/s1. The van der Waals surface area contributed by atoms with Crippen LogP contribution < -0.4 is 21.3 Å². The third kappa shape index (κ3) is 32.8. The quantitative estimate of drug-likeness (QED) is 0.0122. The van der Waals surface area contributed by atoms with Gasteiger partial charge in [-0.3, -0.25) is 57.6 Å². The number of carbonyl (C=O) groups excluding carboxylic acids is 13. The summed E-state index contributed by atoms with van der Waals surface area (Å²) in [5.74, 6) is -8.81. The predicted octanol–water partition coefficient (Wildman–Crippen LogP) is 8.17. The van der Waals surface area contributed by atoms with E-state index in [1.807, 2.05) is 58.9 Å². The summed E-state index contributed by atoms with van der Waals surface area (Å²) >= 11 is 0. The Hall–Kier alpha value is -8.53. The minimum atomic E-state index is -1.35. The summed E-state index contributed by atoms with van der Waals surface area (Å²) in [6.45, 7) is 24.9. The van der Waals surface area contributed by atoms with Gasteiger partial charge in [0.25, 0.3) is 5.91 Å². The fraction of sp³-hybridized carbons (Fsp3) is 0.651. The highest BCUT2D eigenvalue weighted by Gasteiger charge is 2.39. The van der Waals surface area contributed by atoms with Crippen LogP contribution in [-0.4, -0.2) is 213 Å². The smallest absolute Gasteiger partial charge is 0.334 e. The largest absolute Gasteiger partial charge is 0.462 e. The molecule has 0 aromatic heterocycles. The molecular weight excluding hydrogens is 1410 g/mol. The number of rotatable bonds is 39. The van der Waals surface area contributed by atoms with Crippen molar-refractivity contribution in [3.63, 3.8) is 0 Å². The summed E-state index contributed by atoms with van der Waals surface area (Å²) in [4.78, 5) is 179. The van der Waals surface area contributed by atoms with E-state index in [0.29, 0.717) is 122 Å². The highest BCUT2D eigenvalue weighted by Crippen LogP contribution is 2.28. The number of cyclic esters (lactones) is 2. The number of ketones is 2. The van der Waals surface area contributed by atoms with Crippen molar-refractivity contribution in [2.75, 3.05) is 73.4 Å². The summed E-state index contributed by atoms with van der Waals surface area (Å²) < 4.78 is 40.8. The van der Waals surface area contributed by atoms with Crippen molar-refractivity contribution in [1.29, 1.82) is 0 Å². The zero-order chi connectivity index (χ0) is 81.6. The molecule has 7 amide bonds. The first-order chi connectivity index (χ1) is 52.3. The van der Waals surface area contributed by atoms with Gasteiger partial charge in [-0.2, -0.15) is 0 Å². The van der Waals surface area contributed by atoms with Crippen molar-refractivity contribution >= 4 is 76.8 Å². The number of ether oxygens (including phenoxy) is 7. The van der Waals surface area contributed by atoms with Gasteiger partial charge in [0.15, 0.2) is 11.9 Å². The molecule has 0 bridgehead atoms. The molecule has 0 aliphatic carbocycles. The number of nitrogens with one attached hydrogen (secondary N) is 4. The Morgan fingerprint density at radius 2 is 1.27 bits per heavy atom. The fourth-order valence-corrected chi connectivity index (χ4v) is 12.6. The van der Waals surface area contributed by atoms with E-state index in [2.05, 4.69) is 21.3 Å². The number of nitrogens with zero attached hydrogens (tertiary/aromatic N) is 3. The van der Waals surface area contributed by atoms with E-state index < -0.39 is 126 Å². The van der Waals surface area contributed by atoms with Crippen molar-refractivity contribution in [2.45, 2.75) is 248 Å². The fourth-order valence-electron chi connectivity index (χ4n) is 12.6. The lowest BCUT2D eigenvalue weighted by molar-refractivity contribution is -0.161. The first-order valence-electron chi connectivity index (χ1n) is 39.3. The number of Topliss-reactive ketones (excluding diaryl/α,β-unsaturated/α-hetero) is 2. The highest BCUT2D eigenvalue weighted by molar-refractivity contribution is 6.39.